The summed E-state index contributed by atoms with van der Waals surface area (Å²) in [6.45, 7) is 8.48. The first-order chi connectivity index (χ1) is 11.6. The molecule has 4 heteroatoms. The lowest BCUT2D eigenvalue weighted by Gasteiger charge is -2.39. The molecular formula is C20H27N3O. The maximum absolute atomic E-state index is 11.9. The summed E-state index contributed by atoms with van der Waals surface area (Å²) in [5.41, 5.74) is 4.15. The molecule has 0 radical (unpaired) electrons. The summed E-state index contributed by atoms with van der Waals surface area (Å²) in [4.78, 5) is 20.2. The van der Waals surface area contributed by atoms with Gasteiger partial charge in [0.15, 0.2) is 0 Å². The second kappa shape index (κ2) is 6.25. The number of carbonyl (C=O) groups excluding carboxylic acids is 1. The van der Waals surface area contributed by atoms with Crippen LogP contribution in [0.2, 0.25) is 0 Å². The molecule has 128 valence electrons. The predicted molar refractivity (Wildman–Crippen MR) is 97.0 cm³/mol. The number of hydrogen-bond acceptors (Lipinski definition) is 2. The first-order valence-electron chi connectivity index (χ1n) is 9.26. The SMILES string of the molecule is CC(C)[C@H]1c2[nH]c3ccccc3c2CCN1CCN1CCCC1=O. The van der Waals surface area contributed by atoms with Crippen LogP contribution in [0.4, 0.5) is 0 Å². The molecular weight excluding hydrogens is 298 g/mol. The zero-order valence-corrected chi connectivity index (χ0v) is 14.7. The van der Waals surface area contributed by atoms with Gasteiger partial charge in [0.2, 0.25) is 5.91 Å². The average Bonchev–Trinajstić information content (AvgIpc) is 3.15. The largest absolute Gasteiger partial charge is 0.357 e. The smallest absolute Gasteiger partial charge is 0.222 e. The van der Waals surface area contributed by atoms with E-state index in [0.717, 1.165) is 45.4 Å². The molecule has 2 aliphatic heterocycles. The van der Waals surface area contributed by atoms with Crippen molar-refractivity contribution in [2.45, 2.75) is 39.2 Å². The average molecular weight is 325 g/mol. The summed E-state index contributed by atoms with van der Waals surface area (Å²) in [7, 11) is 0. The summed E-state index contributed by atoms with van der Waals surface area (Å²) in [6.07, 6.45) is 2.86. The summed E-state index contributed by atoms with van der Waals surface area (Å²) < 4.78 is 0. The van der Waals surface area contributed by atoms with Crippen LogP contribution in [0, 0.1) is 5.92 Å². The van der Waals surface area contributed by atoms with Crippen LogP contribution in [0.3, 0.4) is 0 Å². The first-order valence-corrected chi connectivity index (χ1v) is 9.26. The number of nitrogens with zero attached hydrogens (tertiary/aromatic N) is 2. The molecule has 1 aromatic carbocycles. The summed E-state index contributed by atoms with van der Waals surface area (Å²) in [5, 5.41) is 1.38. The Morgan fingerprint density at radius 3 is 2.75 bits per heavy atom. The van der Waals surface area contributed by atoms with Crippen LogP contribution < -0.4 is 0 Å². The summed E-state index contributed by atoms with van der Waals surface area (Å²) >= 11 is 0. The van der Waals surface area contributed by atoms with Crippen LogP contribution in [0.25, 0.3) is 10.9 Å². The predicted octanol–water partition coefficient (Wildman–Crippen LogP) is 3.35. The van der Waals surface area contributed by atoms with Gasteiger partial charge in [-0.25, -0.2) is 0 Å². The second-order valence-electron chi connectivity index (χ2n) is 7.52. The van der Waals surface area contributed by atoms with E-state index in [4.69, 9.17) is 0 Å². The van der Waals surface area contributed by atoms with Gasteiger partial charge in [-0.2, -0.15) is 0 Å². The molecule has 0 unspecified atom stereocenters. The lowest BCUT2D eigenvalue weighted by atomic mass is 9.90. The zero-order valence-electron chi connectivity index (χ0n) is 14.7. The van der Waals surface area contributed by atoms with Gasteiger partial charge in [0, 0.05) is 49.2 Å². The number of hydrogen-bond donors (Lipinski definition) is 1. The van der Waals surface area contributed by atoms with Crippen molar-refractivity contribution < 1.29 is 4.79 Å². The molecule has 2 aromatic rings. The van der Waals surface area contributed by atoms with Crippen LogP contribution in [-0.2, 0) is 11.2 Å². The molecule has 1 saturated heterocycles. The number of rotatable bonds is 4. The Bertz CT molecular complexity index is 748. The molecule has 0 aliphatic carbocycles. The molecule has 2 aliphatic rings. The molecule has 0 saturated carbocycles. The second-order valence-corrected chi connectivity index (χ2v) is 7.52. The molecule has 24 heavy (non-hydrogen) atoms. The number of nitrogens with one attached hydrogen (secondary N) is 1. The Kier molecular flexibility index (Phi) is 4.09. The summed E-state index contributed by atoms with van der Waals surface area (Å²) in [5.74, 6) is 0.880. The molecule has 0 bridgehead atoms. The zero-order chi connectivity index (χ0) is 16.7. The van der Waals surface area contributed by atoms with Crippen molar-refractivity contribution in [2.75, 3.05) is 26.2 Å². The van der Waals surface area contributed by atoms with E-state index in [1.165, 1.54) is 22.2 Å². The fourth-order valence-electron chi connectivity index (χ4n) is 4.52. The molecule has 3 heterocycles. The quantitative estimate of drug-likeness (QED) is 0.936. The van der Waals surface area contributed by atoms with Crippen molar-refractivity contribution in [1.29, 1.82) is 0 Å². The van der Waals surface area contributed by atoms with Crippen LogP contribution >= 0.6 is 0 Å². The monoisotopic (exact) mass is 325 g/mol. The van der Waals surface area contributed by atoms with Gasteiger partial charge in [0.25, 0.3) is 0 Å². The maximum atomic E-state index is 11.9. The van der Waals surface area contributed by atoms with Gasteiger partial charge in [-0.1, -0.05) is 32.0 Å². The highest BCUT2D eigenvalue weighted by molar-refractivity contribution is 5.85. The van der Waals surface area contributed by atoms with E-state index in [-0.39, 0.29) is 0 Å². The van der Waals surface area contributed by atoms with Crippen molar-refractivity contribution in [1.82, 2.24) is 14.8 Å². The number of likely N-dealkylation sites (tertiary alicyclic amines) is 1. The highest BCUT2D eigenvalue weighted by atomic mass is 16.2. The molecule has 4 nitrogen and oxygen atoms in total. The van der Waals surface area contributed by atoms with E-state index < -0.39 is 0 Å². The van der Waals surface area contributed by atoms with Gasteiger partial charge in [-0.3, -0.25) is 9.69 Å². The van der Waals surface area contributed by atoms with Crippen LogP contribution in [-0.4, -0.2) is 46.9 Å². The van der Waals surface area contributed by atoms with Crippen molar-refractivity contribution in [3.63, 3.8) is 0 Å². The van der Waals surface area contributed by atoms with Gasteiger partial charge in [0.05, 0.1) is 6.04 Å². The Balaban J connectivity index is 1.59. The van der Waals surface area contributed by atoms with Gasteiger partial charge in [-0.15, -0.1) is 0 Å². The number of aromatic amines is 1. The fraction of sp³-hybridized carbons (Fsp3) is 0.550. The molecule has 1 aromatic heterocycles. The standard InChI is InChI=1S/C20H27N3O/c1-14(2)20-19-16(15-6-3-4-7-17(15)21-19)9-11-23(20)13-12-22-10-5-8-18(22)24/h3-4,6-7,14,20-21H,5,8-13H2,1-2H3/t20-/m0/s1. The number of benzene rings is 1. The Labute approximate surface area is 143 Å². The molecule has 1 atom stereocenters. The molecule has 0 spiro atoms. The number of aromatic nitrogens is 1. The number of carbonyl (C=O) groups is 1. The van der Waals surface area contributed by atoms with Crippen LogP contribution in [0.15, 0.2) is 24.3 Å². The van der Waals surface area contributed by atoms with E-state index in [1.807, 2.05) is 4.90 Å². The van der Waals surface area contributed by atoms with E-state index in [0.29, 0.717) is 17.9 Å². The van der Waals surface area contributed by atoms with Gasteiger partial charge >= 0.3 is 0 Å². The van der Waals surface area contributed by atoms with Crippen LogP contribution in [0.1, 0.15) is 44.0 Å². The van der Waals surface area contributed by atoms with Crippen molar-refractivity contribution in [3.05, 3.63) is 35.5 Å². The number of amides is 1. The lowest BCUT2D eigenvalue weighted by Crippen LogP contribution is -2.43. The third-order valence-corrected chi connectivity index (χ3v) is 5.64. The minimum absolute atomic E-state index is 0.333. The fourth-order valence-corrected chi connectivity index (χ4v) is 4.52. The van der Waals surface area contributed by atoms with E-state index >= 15 is 0 Å². The molecule has 1 N–H and O–H groups in total. The van der Waals surface area contributed by atoms with E-state index in [9.17, 15) is 4.79 Å². The van der Waals surface area contributed by atoms with Gasteiger partial charge < -0.3 is 9.88 Å². The molecule has 1 fully saturated rings. The molecule has 1 amide bonds. The van der Waals surface area contributed by atoms with Gasteiger partial charge in [0.1, 0.15) is 0 Å². The summed E-state index contributed by atoms with van der Waals surface area (Å²) in [6, 6.07) is 9.06. The third kappa shape index (κ3) is 2.63. The van der Waals surface area contributed by atoms with E-state index in [1.54, 1.807) is 0 Å². The van der Waals surface area contributed by atoms with Crippen molar-refractivity contribution in [3.8, 4) is 0 Å². The first kappa shape index (κ1) is 15.7. The highest BCUT2D eigenvalue weighted by Crippen LogP contribution is 2.38. The third-order valence-electron chi connectivity index (χ3n) is 5.64. The highest BCUT2D eigenvalue weighted by Gasteiger charge is 2.33. The van der Waals surface area contributed by atoms with Crippen molar-refractivity contribution in [2.24, 2.45) is 5.92 Å². The normalized spacial score (nSPS) is 21.9. The topological polar surface area (TPSA) is 39.3 Å². The lowest BCUT2D eigenvalue weighted by molar-refractivity contribution is -0.128. The van der Waals surface area contributed by atoms with Crippen molar-refractivity contribution >= 4 is 16.8 Å². The van der Waals surface area contributed by atoms with Gasteiger partial charge in [-0.05, 0) is 30.4 Å². The van der Waals surface area contributed by atoms with E-state index in [2.05, 4.69) is 48.0 Å². The molecule has 4 rings (SSSR count). The minimum atomic E-state index is 0.333. The number of para-hydroxylation sites is 1. The minimum Gasteiger partial charge on any atom is -0.357 e. The number of H-pyrrole nitrogens is 1. The number of fused-ring (bicyclic) bond motifs is 3. The van der Waals surface area contributed by atoms with Crippen LogP contribution in [0.5, 0.6) is 0 Å². The Morgan fingerprint density at radius 2 is 2.00 bits per heavy atom. The Morgan fingerprint density at radius 1 is 1.17 bits per heavy atom. The Hall–Kier alpha value is -1.81. The maximum Gasteiger partial charge on any atom is 0.222 e.